The van der Waals surface area contributed by atoms with Crippen molar-refractivity contribution in [2.45, 2.75) is 63.9 Å². The van der Waals surface area contributed by atoms with E-state index in [1.54, 1.807) is 0 Å². The SMILES string of the molecule is O=C(O)C1(C(=O)O)CCCC(C(=O)O)(C(=O)OC2CCCCC2)C1. The molecule has 1 atom stereocenters. The average molecular weight is 342 g/mol. The second kappa shape index (κ2) is 6.78. The first-order valence-electron chi connectivity index (χ1n) is 8.16. The van der Waals surface area contributed by atoms with E-state index in [-0.39, 0.29) is 25.4 Å². The summed E-state index contributed by atoms with van der Waals surface area (Å²) in [6, 6.07) is 0. The lowest BCUT2D eigenvalue weighted by Crippen LogP contribution is -2.54. The maximum atomic E-state index is 12.6. The summed E-state index contributed by atoms with van der Waals surface area (Å²) in [6.45, 7) is 0. The lowest BCUT2D eigenvalue weighted by atomic mass is 9.61. The number of carboxylic acids is 3. The van der Waals surface area contributed by atoms with E-state index >= 15 is 0 Å². The average Bonchev–Trinajstić information content (AvgIpc) is 2.55. The second-order valence-electron chi connectivity index (χ2n) is 6.78. The third-order valence-electron chi connectivity index (χ3n) is 5.26. The predicted molar refractivity (Wildman–Crippen MR) is 79.2 cm³/mol. The third-order valence-corrected chi connectivity index (χ3v) is 5.26. The van der Waals surface area contributed by atoms with Gasteiger partial charge in [0.25, 0.3) is 0 Å². The summed E-state index contributed by atoms with van der Waals surface area (Å²) in [5, 5.41) is 28.3. The van der Waals surface area contributed by atoms with Crippen molar-refractivity contribution >= 4 is 23.9 Å². The van der Waals surface area contributed by atoms with Gasteiger partial charge in [-0.05, 0) is 44.9 Å². The number of carbonyl (C=O) groups excluding carboxylic acids is 1. The van der Waals surface area contributed by atoms with Gasteiger partial charge < -0.3 is 20.1 Å². The molecule has 24 heavy (non-hydrogen) atoms. The van der Waals surface area contributed by atoms with Crippen LogP contribution in [-0.4, -0.2) is 45.3 Å². The molecule has 8 heteroatoms. The van der Waals surface area contributed by atoms with E-state index in [1.807, 2.05) is 0 Å². The number of hydrogen-bond acceptors (Lipinski definition) is 5. The normalized spacial score (nSPS) is 27.2. The molecule has 3 N–H and O–H groups in total. The summed E-state index contributed by atoms with van der Waals surface area (Å²) in [5.74, 6) is -5.76. The highest BCUT2D eigenvalue weighted by Crippen LogP contribution is 2.48. The van der Waals surface area contributed by atoms with Crippen molar-refractivity contribution in [3.8, 4) is 0 Å². The van der Waals surface area contributed by atoms with Crippen molar-refractivity contribution < 1.29 is 39.2 Å². The van der Waals surface area contributed by atoms with E-state index in [4.69, 9.17) is 4.74 Å². The summed E-state index contributed by atoms with van der Waals surface area (Å²) in [5.41, 5.74) is -4.39. The molecule has 8 nitrogen and oxygen atoms in total. The highest BCUT2D eigenvalue weighted by atomic mass is 16.5. The van der Waals surface area contributed by atoms with Crippen molar-refractivity contribution in [2.24, 2.45) is 10.8 Å². The minimum atomic E-state index is -2.28. The van der Waals surface area contributed by atoms with Gasteiger partial charge in [-0.2, -0.15) is 0 Å². The Labute approximate surface area is 138 Å². The second-order valence-corrected chi connectivity index (χ2v) is 6.78. The Bertz CT molecular complexity index is 534. The van der Waals surface area contributed by atoms with E-state index in [2.05, 4.69) is 0 Å². The fourth-order valence-corrected chi connectivity index (χ4v) is 3.73. The van der Waals surface area contributed by atoms with Crippen molar-refractivity contribution in [1.82, 2.24) is 0 Å². The molecule has 0 aliphatic heterocycles. The van der Waals surface area contributed by atoms with E-state index in [0.29, 0.717) is 12.8 Å². The van der Waals surface area contributed by atoms with Crippen LogP contribution >= 0.6 is 0 Å². The number of esters is 1. The summed E-state index contributed by atoms with van der Waals surface area (Å²) >= 11 is 0. The Morgan fingerprint density at radius 2 is 1.25 bits per heavy atom. The Balaban J connectivity index is 2.29. The quantitative estimate of drug-likeness (QED) is 0.506. The maximum Gasteiger partial charge on any atom is 0.323 e. The molecule has 2 saturated carbocycles. The van der Waals surface area contributed by atoms with Crippen LogP contribution in [0.5, 0.6) is 0 Å². The van der Waals surface area contributed by atoms with Gasteiger partial charge in [0.1, 0.15) is 6.10 Å². The van der Waals surface area contributed by atoms with E-state index in [1.165, 1.54) is 0 Å². The number of ether oxygens (including phenoxy) is 1. The summed E-state index contributed by atoms with van der Waals surface area (Å²) in [7, 11) is 0. The van der Waals surface area contributed by atoms with Gasteiger partial charge in [0.05, 0.1) is 0 Å². The maximum absolute atomic E-state index is 12.6. The zero-order chi connectivity index (χ0) is 18.0. The Kier molecular flexibility index (Phi) is 5.15. The molecule has 0 aromatic rings. The van der Waals surface area contributed by atoms with Crippen LogP contribution in [0.15, 0.2) is 0 Å². The highest BCUT2D eigenvalue weighted by Gasteiger charge is 2.61. The van der Waals surface area contributed by atoms with Gasteiger partial charge in [0.2, 0.25) is 0 Å². The van der Waals surface area contributed by atoms with Crippen molar-refractivity contribution in [3.63, 3.8) is 0 Å². The Hall–Kier alpha value is -2.12. The zero-order valence-electron chi connectivity index (χ0n) is 13.3. The molecule has 0 spiro atoms. The summed E-state index contributed by atoms with van der Waals surface area (Å²) < 4.78 is 5.34. The fraction of sp³-hybridized carbons (Fsp3) is 0.750. The zero-order valence-corrected chi connectivity index (χ0v) is 13.3. The number of hydrogen-bond donors (Lipinski definition) is 3. The predicted octanol–water partition coefficient (Wildman–Crippen LogP) is 1.66. The van der Waals surface area contributed by atoms with Crippen LogP contribution in [0.2, 0.25) is 0 Å². The van der Waals surface area contributed by atoms with E-state index in [0.717, 1.165) is 19.3 Å². The number of rotatable bonds is 5. The van der Waals surface area contributed by atoms with Gasteiger partial charge in [-0.25, -0.2) is 0 Å². The van der Waals surface area contributed by atoms with E-state index in [9.17, 15) is 34.5 Å². The first-order valence-corrected chi connectivity index (χ1v) is 8.16. The first-order chi connectivity index (χ1) is 11.2. The molecule has 0 amide bonds. The number of aliphatic carboxylic acids is 3. The van der Waals surface area contributed by atoms with Gasteiger partial charge in [-0.1, -0.05) is 6.42 Å². The molecule has 2 aliphatic carbocycles. The Morgan fingerprint density at radius 1 is 0.750 bits per heavy atom. The monoisotopic (exact) mass is 342 g/mol. The third kappa shape index (κ3) is 3.09. The van der Waals surface area contributed by atoms with Crippen LogP contribution in [0, 0.1) is 10.8 Å². The number of carboxylic acid groups (broad SMARTS) is 3. The molecular formula is C16H22O8. The molecule has 0 heterocycles. The summed E-state index contributed by atoms with van der Waals surface area (Å²) in [6.07, 6.45) is 2.61. The fourth-order valence-electron chi connectivity index (χ4n) is 3.73. The molecule has 0 saturated heterocycles. The molecule has 2 aliphatic rings. The number of carbonyl (C=O) groups is 4. The summed E-state index contributed by atoms with van der Waals surface area (Å²) in [4.78, 5) is 47.4. The molecular weight excluding hydrogens is 320 g/mol. The molecule has 0 aromatic carbocycles. The molecule has 0 bridgehead atoms. The van der Waals surface area contributed by atoms with E-state index < -0.39 is 41.1 Å². The molecule has 2 rings (SSSR count). The highest BCUT2D eigenvalue weighted by molar-refractivity contribution is 6.04. The molecule has 0 aromatic heterocycles. The standard InChI is InChI=1S/C16H22O8/c17-11(18)15(12(19)20)7-4-8-16(9-15,13(21)22)14(23)24-10-5-2-1-3-6-10/h10H,1-9H2,(H,17,18)(H,19,20)(H,21,22). The van der Waals surface area contributed by atoms with Gasteiger partial charge >= 0.3 is 23.9 Å². The minimum absolute atomic E-state index is 0.0185. The van der Waals surface area contributed by atoms with Crippen LogP contribution in [-0.2, 0) is 23.9 Å². The Morgan fingerprint density at radius 3 is 1.75 bits per heavy atom. The van der Waals surface area contributed by atoms with Gasteiger partial charge in [0.15, 0.2) is 10.8 Å². The molecule has 2 fully saturated rings. The van der Waals surface area contributed by atoms with Crippen LogP contribution in [0.25, 0.3) is 0 Å². The van der Waals surface area contributed by atoms with Gasteiger partial charge in [-0.15, -0.1) is 0 Å². The molecule has 0 radical (unpaired) electrons. The van der Waals surface area contributed by atoms with Crippen LogP contribution in [0.1, 0.15) is 57.8 Å². The molecule has 134 valence electrons. The smallest absolute Gasteiger partial charge is 0.323 e. The lowest BCUT2D eigenvalue weighted by Gasteiger charge is -2.40. The van der Waals surface area contributed by atoms with Gasteiger partial charge in [0, 0.05) is 6.42 Å². The van der Waals surface area contributed by atoms with Crippen LogP contribution < -0.4 is 0 Å². The van der Waals surface area contributed by atoms with Crippen molar-refractivity contribution in [3.05, 3.63) is 0 Å². The first kappa shape index (κ1) is 18.2. The van der Waals surface area contributed by atoms with Crippen molar-refractivity contribution in [2.75, 3.05) is 0 Å². The van der Waals surface area contributed by atoms with Crippen LogP contribution in [0.3, 0.4) is 0 Å². The molecule has 1 unspecified atom stereocenters. The lowest BCUT2D eigenvalue weighted by molar-refractivity contribution is -0.186. The van der Waals surface area contributed by atoms with Crippen LogP contribution in [0.4, 0.5) is 0 Å². The topological polar surface area (TPSA) is 138 Å². The van der Waals surface area contributed by atoms with Crippen molar-refractivity contribution in [1.29, 1.82) is 0 Å². The van der Waals surface area contributed by atoms with Gasteiger partial charge in [-0.3, -0.25) is 19.2 Å². The minimum Gasteiger partial charge on any atom is -0.480 e. The largest absolute Gasteiger partial charge is 0.480 e.